The Morgan fingerprint density at radius 1 is 0.786 bits per heavy atom. The van der Waals surface area contributed by atoms with Crippen LogP contribution in [0, 0.1) is 0 Å². The van der Waals surface area contributed by atoms with E-state index in [1.807, 2.05) is 0 Å². The number of ether oxygens (including phenoxy) is 6. The van der Waals surface area contributed by atoms with Gasteiger partial charge in [-0.3, -0.25) is 19.2 Å². The molecule has 28 heavy (non-hydrogen) atoms. The highest BCUT2D eigenvalue weighted by atomic mass is 16.7. The van der Waals surface area contributed by atoms with Crippen molar-refractivity contribution in [1.82, 2.24) is 0 Å². The predicted molar refractivity (Wildman–Crippen MR) is 88.2 cm³/mol. The van der Waals surface area contributed by atoms with Gasteiger partial charge in [0, 0.05) is 33.8 Å². The van der Waals surface area contributed by atoms with Gasteiger partial charge in [0.05, 0.1) is 0 Å². The number of hydrogen-bond acceptors (Lipinski definition) is 11. The van der Waals surface area contributed by atoms with Crippen molar-refractivity contribution in [3.8, 4) is 0 Å². The molecule has 11 heteroatoms. The van der Waals surface area contributed by atoms with Gasteiger partial charge in [0.15, 0.2) is 12.2 Å². The Balaban J connectivity index is 3.29. The second-order valence-corrected chi connectivity index (χ2v) is 5.71. The third-order valence-corrected chi connectivity index (χ3v) is 3.34. The molecule has 1 fully saturated rings. The number of carbonyl (C=O) groups is 5. The van der Waals surface area contributed by atoms with E-state index >= 15 is 0 Å². The summed E-state index contributed by atoms with van der Waals surface area (Å²) in [5.74, 6) is -3.92. The van der Waals surface area contributed by atoms with Crippen molar-refractivity contribution in [2.45, 2.75) is 58.4 Å². The fraction of sp³-hybridized carbons (Fsp3) is 0.588. The molecule has 0 spiro atoms. The smallest absolute Gasteiger partial charge is 0.330 e. The SMILES string of the molecule is C=CC(=O)OC[C@H]1O[C@H](OC(C)=O)[C@H](OC(C)=O)[C@@H](OC(C)=O)[C@@H]1OC(C)=O. The fourth-order valence-corrected chi connectivity index (χ4v) is 2.47. The lowest BCUT2D eigenvalue weighted by atomic mass is 9.98. The zero-order chi connectivity index (χ0) is 21.4. The second kappa shape index (κ2) is 10.4. The van der Waals surface area contributed by atoms with E-state index in [0.717, 1.165) is 33.8 Å². The Morgan fingerprint density at radius 2 is 1.25 bits per heavy atom. The molecule has 1 saturated heterocycles. The van der Waals surface area contributed by atoms with Crippen LogP contribution < -0.4 is 0 Å². The molecule has 5 atom stereocenters. The lowest BCUT2D eigenvalue weighted by Crippen LogP contribution is -2.63. The lowest BCUT2D eigenvalue weighted by Gasteiger charge is -2.43. The molecule has 1 aliphatic heterocycles. The normalized spacial score (nSPS) is 26.4. The monoisotopic (exact) mass is 402 g/mol. The summed E-state index contributed by atoms with van der Waals surface area (Å²) in [6.07, 6.45) is -5.95. The van der Waals surface area contributed by atoms with Gasteiger partial charge in [-0.25, -0.2) is 4.79 Å². The van der Waals surface area contributed by atoms with E-state index in [0.29, 0.717) is 0 Å². The molecule has 0 N–H and O–H groups in total. The summed E-state index contributed by atoms with van der Waals surface area (Å²) >= 11 is 0. The standard InChI is InChI=1S/C17H22O11/c1-6-13(22)23-7-12-14(24-8(2)18)15(25-9(3)19)16(26-10(4)20)17(28-12)27-11(5)21/h6,12,14-17H,1,7H2,2-5H3/t12-,14-,15+,16-,17+/m1/s1. The highest BCUT2D eigenvalue weighted by Crippen LogP contribution is 2.30. The van der Waals surface area contributed by atoms with Crippen molar-refractivity contribution >= 4 is 29.8 Å². The molecule has 0 bridgehead atoms. The van der Waals surface area contributed by atoms with Gasteiger partial charge in [0.25, 0.3) is 0 Å². The molecule has 1 aliphatic rings. The maximum absolute atomic E-state index is 11.6. The highest BCUT2D eigenvalue weighted by molar-refractivity contribution is 5.81. The summed E-state index contributed by atoms with van der Waals surface area (Å²) in [7, 11) is 0. The molecule has 0 aromatic carbocycles. The molecular formula is C17H22O11. The van der Waals surface area contributed by atoms with Crippen molar-refractivity contribution in [3.05, 3.63) is 12.7 Å². The lowest BCUT2D eigenvalue weighted by molar-refractivity contribution is -0.300. The third-order valence-electron chi connectivity index (χ3n) is 3.34. The highest BCUT2D eigenvalue weighted by Gasteiger charge is 2.53. The van der Waals surface area contributed by atoms with Gasteiger partial charge in [-0.05, 0) is 0 Å². The molecule has 156 valence electrons. The predicted octanol–water partition coefficient (Wildman–Crippen LogP) is -0.201. The molecule has 0 aliphatic carbocycles. The molecule has 0 amide bonds. The van der Waals surface area contributed by atoms with Gasteiger partial charge in [-0.2, -0.15) is 0 Å². The maximum Gasteiger partial charge on any atom is 0.330 e. The van der Waals surface area contributed by atoms with E-state index in [9.17, 15) is 24.0 Å². The second-order valence-electron chi connectivity index (χ2n) is 5.71. The zero-order valence-electron chi connectivity index (χ0n) is 15.9. The Hall–Kier alpha value is -2.95. The van der Waals surface area contributed by atoms with Crippen molar-refractivity contribution in [3.63, 3.8) is 0 Å². The van der Waals surface area contributed by atoms with Crippen LogP contribution in [0.4, 0.5) is 0 Å². The number of esters is 5. The first kappa shape index (κ1) is 23.1. The quantitative estimate of drug-likeness (QED) is 0.317. The molecule has 0 radical (unpaired) electrons. The minimum absolute atomic E-state index is 0.453. The minimum atomic E-state index is -1.51. The number of rotatable bonds is 7. The third kappa shape index (κ3) is 6.99. The van der Waals surface area contributed by atoms with E-state index in [2.05, 4.69) is 6.58 Å². The van der Waals surface area contributed by atoms with E-state index in [1.54, 1.807) is 0 Å². The summed E-state index contributed by atoms with van der Waals surface area (Å²) < 4.78 is 30.9. The molecule has 11 nitrogen and oxygen atoms in total. The van der Waals surface area contributed by atoms with Crippen LogP contribution >= 0.6 is 0 Å². The first-order valence-corrected chi connectivity index (χ1v) is 8.18. The van der Waals surface area contributed by atoms with Crippen molar-refractivity contribution in [1.29, 1.82) is 0 Å². The van der Waals surface area contributed by atoms with Gasteiger partial charge in [-0.15, -0.1) is 0 Å². The Morgan fingerprint density at radius 3 is 1.71 bits per heavy atom. The fourth-order valence-electron chi connectivity index (χ4n) is 2.47. The molecular weight excluding hydrogens is 380 g/mol. The summed E-state index contributed by atoms with van der Waals surface area (Å²) in [5.41, 5.74) is 0. The average Bonchev–Trinajstić information content (AvgIpc) is 2.56. The largest absolute Gasteiger partial charge is 0.460 e. The Bertz CT molecular complexity index is 641. The summed E-state index contributed by atoms with van der Waals surface area (Å²) in [6.45, 7) is 7.13. The van der Waals surface area contributed by atoms with Crippen LogP contribution in [0.2, 0.25) is 0 Å². The van der Waals surface area contributed by atoms with Crippen LogP contribution in [0.25, 0.3) is 0 Å². The van der Waals surface area contributed by atoms with E-state index in [-0.39, 0.29) is 0 Å². The molecule has 1 heterocycles. The van der Waals surface area contributed by atoms with Crippen LogP contribution in [-0.4, -0.2) is 67.2 Å². The number of hydrogen-bond donors (Lipinski definition) is 0. The molecule has 0 aromatic rings. The average molecular weight is 402 g/mol. The van der Waals surface area contributed by atoms with Gasteiger partial charge in [0.2, 0.25) is 12.4 Å². The molecule has 0 unspecified atom stereocenters. The van der Waals surface area contributed by atoms with Crippen molar-refractivity contribution < 1.29 is 52.4 Å². The minimum Gasteiger partial charge on any atom is -0.460 e. The van der Waals surface area contributed by atoms with E-state index in [1.165, 1.54) is 0 Å². The maximum atomic E-state index is 11.6. The van der Waals surface area contributed by atoms with Gasteiger partial charge in [-0.1, -0.05) is 6.58 Å². The topological polar surface area (TPSA) is 141 Å². The summed E-state index contributed by atoms with van der Waals surface area (Å²) in [4.78, 5) is 57.4. The van der Waals surface area contributed by atoms with Crippen LogP contribution in [0.15, 0.2) is 12.7 Å². The molecule has 0 saturated carbocycles. The Labute approximate surface area is 160 Å². The van der Waals surface area contributed by atoms with Gasteiger partial charge < -0.3 is 28.4 Å². The summed E-state index contributed by atoms with van der Waals surface area (Å²) in [5, 5.41) is 0. The molecule has 1 rings (SSSR count). The van der Waals surface area contributed by atoms with Gasteiger partial charge in [0.1, 0.15) is 12.7 Å². The molecule has 0 aromatic heterocycles. The zero-order valence-corrected chi connectivity index (χ0v) is 15.9. The first-order chi connectivity index (χ1) is 13.0. The van der Waals surface area contributed by atoms with Crippen LogP contribution in [-0.2, 0) is 52.4 Å². The van der Waals surface area contributed by atoms with Crippen molar-refractivity contribution in [2.75, 3.05) is 6.61 Å². The van der Waals surface area contributed by atoms with Crippen LogP contribution in [0.3, 0.4) is 0 Å². The van der Waals surface area contributed by atoms with Crippen molar-refractivity contribution in [2.24, 2.45) is 0 Å². The van der Waals surface area contributed by atoms with Gasteiger partial charge >= 0.3 is 29.8 Å². The number of carbonyl (C=O) groups excluding carboxylic acids is 5. The summed E-state index contributed by atoms with van der Waals surface area (Å²) in [6, 6.07) is 0. The first-order valence-electron chi connectivity index (χ1n) is 8.18. The van der Waals surface area contributed by atoms with Crippen LogP contribution in [0.1, 0.15) is 27.7 Å². The Kier molecular flexibility index (Phi) is 8.58. The van der Waals surface area contributed by atoms with Crippen LogP contribution in [0.5, 0.6) is 0 Å². The van der Waals surface area contributed by atoms with E-state index in [4.69, 9.17) is 28.4 Å². The van der Waals surface area contributed by atoms with E-state index < -0.39 is 67.2 Å².